The molecule has 2 heterocycles. The van der Waals surface area contributed by atoms with Crippen molar-refractivity contribution in [1.82, 2.24) is 0 Å². The third-order valence-electron chi connectivity index (χ3n) is 6.41. The van der Waals surface area contributed by atoms with Crippen LogP contribution in [0.2, 0.25) is 0 Å². The van der Waals surface area contributed by atoms with E-state index >= 15 is 0 Å². The molecule has 0 bridgehead atoms. The van der Waals surface area contributed by atoms with Crippen LogP contribution in [0.1, 0.15) is 27.7 Å². The molecular formula is C29H26N2O5. The first-order valence-electron chi connectivity index (χ1n) is 11.5. The molecule has 36 heavy (non-hydrogen) atoms. The van der Waals surface area contributed by atoms with E-state index in [1.807, 2.05) is 74.4 Å². The lowest BCUT2D eigenvalue weighted by molar-refractivity contribution is -0.117. The highest BCUT2D eigenvalue weighted by Crippen LogP contribution is 2.43. The van der Waals surface area contributed by atoms with Gasteiger partial charge < -0.3 is 19.2 Å². The average Bonchev–Trinajstić information content (AvgIpc) is 3.43. The van der Waals surface area contributed by atoms with Crippen molar-refractivity contribution in [2.75, 3.05) is 31.0 Å². The molecule has 182 valence electrons. The van der Waals surface area contributed by atoms with Gasteiger partial charge in [-0.05, 0) is 54.4 Å². The maximum absolute atomic E-state index is 13.8. The fourth-order valence-electron chi connectivity index (χ4n) is 4.59. The molecule has 0 aliphatic carbocycles. The number of nitrogens with zero attached hydrogens (tertiary/aromatic N) is 2. The van der Waals surface area contributed by atoms with Crippen LogP contribution in [0.3, 0.4) is 0 Å². The second kappa shape index (κ2) is 8.92. The van der Waals surface area contributed by atoms with Gasteiger partial charge in [0.2, 0.25) is 5.78 Å². The summed E-state index contributed by atoms with van der Waals surface area (Å²) in [5, 5.41) is 11.7. The third-order valence-corrected chi connectivity index (χ3v) is 6.41. The van der Waals surface area contributed by atoms with E-state index in [2.05, 4.69) is 0 Å². The lowest BCUT2D eigenvalue weighted by Crippen LogP contribution is -2.31. The molecule has 1 amide bonds. The number of carbonyl (C=O) groups is 2. The summed E-state index contributed by atoms with van der Waals surface area (Å²) in [4.78, 5) is 30.7. The number of aryl methyl sites for hydroxylation is 1. The number of hydrogen-bond acceptors (Lipinski definition) is 6. The van der Waals surface area contributed by atoms with Crippen LogP contribution < -0.4 is 14.5 Å². The van der Waals surface area contributed by atoms with Gasteiger partial charge in [0, 0.05) is 30.9 Å². The monoisotopic (exact) mass is 482 g/mol. The Morgan fingerprint density at radius 2 is 1.75 bits per heavy atom. The molecule has 5 rings (SSSR count). The number of para-hydroxylation sites is 1. The van der Waals surface area contributed by atoms with Crippen molar-refractivity contribution in [2.24, 2.45) is 0 Å². The number of aliphatic hydroxyl groups excluding tert-OH is 1. The number of ketones is 1. The van der Waals surface area contributed by atoms with Gasteiger partial charge in [0.15, 0.2) is 22.9 Å². The van der Waals surface area contributed by atoms with Crippen LogP contribution in [-0.4, -0.2) is 38.0 Å². The van der Waals surface area contributed by atoms with Gasteiger partial charge in [0.05, 0.1) is 18.7 Å². The van der Waals surface area contributed by atoms with Crippen molar-refractivity contribution in [2.45, 2.75) is 13.0 Å². The van der Waals surface area contributed by atoms with Crippen molar-refractivity contribution < 1.29 is 23.8 Å². The van der Waals surface area contributed by atoms with Gasteiger partial charge in [-0.1, -0.05) is 36.4 Å². The highest BCUT2D eigenvalue weighted by atomic mass is 16.5. The first-order chi connectivity index (χ1) is 17.3. The van der Waals surface area contributed by atoms with Crippen LogP contribution in [0.5, 0.6) is 5.75 Å². The highest BCUT2D eigenvalue weighted by molar-refractivity contribution is 6.20. The SMILES string of the molecule is COc1cccc2cc(C(=O)C3=C(O)C(=O)N(c4cccc(C)c4)C3c3ccc(N(C)C)cc3)oc12. The predicted molar refractivity (Wildman–Crippen MR) is 139 cm³/mol. The average molecular weight is 483 g/mol. The summed E-state index contributed by atoms with van der Waals surface area (Å²) >= 11 is 0. The topological polar surface area (TPSA) is 83.2 Å². The minimum absolute atomic E-state index is 0.0184. The van der Waals surface area contributed by atoms with Crippen molar-refractivity contribution in [1.29, 1.82) is 0 Å². The molecule has 1 unspecified atom stereocenters. The van der Waals surface area contributed by atoms with Crippen molar-refractivity contribution >= 4 is 34.0 Å². The Labute approximate surface area is 208 Å². The Morgan fingerprint density at radius 3 is 2.42 bits per heavy atom. The molecule has 7 nitrogen and oxygen atoms in total. The molecule has 3 aromatic carbocycles. The molecular weight excluding hydrogens is 456 g/mol. The molecule has 1 atom stereocenters. The molecule has 0 fully saturated rings. The molecule has 1 aromatic heterocycles. The van der Waals surface area contributed by atoms with Crippen molar-refractivity contribution in [3.05, 3.63) is 101 Å². The zero-order chi connectivity index (χ0) is 25.6. The van der Waals surface area contributed by atoms with Crippen LogP contribution in [0, 0.1) is 6.92 Å². The number of aliphatic hydroxyl groups is 1. The molecule has 1 aliphatic heterocycles. The van der Waals surface area contributed by atoms with E-state index in [4.69, 9.17) is 9.15 Å². The Balaban J connectivity index is 1.66. The van der Waals surface area contributed by atoms with Gasteiger partial charge in [0.1, 0.15) is 0 Å². The Morgan fingerprint density at radius 1 is 1.03 bits per heavy atom. The number of anilines is 2. The zero-order valence-corrected chi connectivity index (χ0v) is 20.5. The maximum atomic E-state index is 13.8. The second-order valence-electron chi connectivity index (χ2n) is 8.98. The molecule has 0 radical (unpaired) electrons. The lowest BCUT2D eigenvalue weighted by Gasteiger charge is -2.27. The van der Waals surface area contributed by atoms with Crippen molar-refractivity contribution in [3.8, 4) is 5.75 Å². The van der Waals surface area contributed by atoms with Gasteiger partial charge in [-0.3, -0.25) is 14.5 Å². The summed E-state index contributed by atoms with van der Waals surface area (Å²) in [6.45, 7) is 1.92. The first-order valence-corrected chi connectivity index (χ1v) is 11.5. The van der Waals surface area contributed by atoms with E-state index in [-0.39, 0.29) is 11.3 Å². The summed E-state index contributed by atoms with van der Waals surface area (Å²) in [7, 11) is 5.39. The van der Waals surface area contributed by atoms with E-state index in [1.165, 1.54) is 12.0 Å². The zero-order valence-electron chi connectivity index (χ0n) is 20.5. The number of methoxy groups -OCH3 is 1. The summed E-state index contributed by atoms with van der Waals surface area (Å²) in [5.41, 5.74) is 3.59. The number of ether oxygens (including phenoxy) is 1. The Hall–Kier alpha value is -4.52. The molecule has 1 aliphatic rings. The van der Waals surface area contributed by atoms with Crippen LogP contribution in [0.4, 0.5) is 11.4 Å². The van der Waals surface area contributed by atoms with E-state index < -0.39 is 23.5 Å². The van der Waals surface area contributed by atoms with E-state index in [1.54, 1.807) is 24.3 Å². The van der Waals surface area contributed by atoms with E-state index in [9.17, 15) is 14.7 Å². The third kappa shape index (κ3) is 3.79. The van der Waals surface area contributed by atoms with Crippen LogP contribution in [0.25, 0.3) is 11.0 Å². The summed E-state index contributed by atoms with van der Waals surface area (Å²) in [6.07, 6.45) is 0. The largest absolute Gasteiger partial charge is 0.503 e. The van der Waals surface area contributed by atoms with E-state index in [0.29, 0.717) is 28.0 Å². The maximum Gasteiger partial charge on any atom is 0.294 e. The normalized spacial score (nSPS) is 15.6. The smallest absolute Gasteiger partial charge is 0.294 e. The quantitative estimate of drug-likeness (QED) is 0.360. The molecule has 4 aromatic rings. The van der Waals surface area contributed by atoms with Gasteiger partial charge in [-0.25, -0.2) is 0 Å². The predicted octanol–water partition coefficient (Wildman–Crippen LogP) is 5.60. The van der Waals surface area contributed by atoms with Gasteiger partial charge in [0.25, 0.3) is 5.91 Å². The summed E-state index contributed by atoms with van der Waals surface area (Å²) in [5.74, 6) is -1.28. The Bertz CT molecular complexity index is 1510. The number of hydrogen-bond donors (Lipinski definition) is 1. The number of carbonyl (C=O) groups excluding carboxylic acids is 2. The summed E-state index contributed by atoms with van der Waals surface area (Å²) in [6, 6.07) is 21.1. The number of rotatable bonds is 6. The number of amides is 1. The number of Topliss-reactive ketones (excluding diaryl/α,β-unsaturated/α-hetero) is 1. The van der Waals surface area contributed by atoms with Gasteiger partial charge in [-0.2, -0.15) is 0 Å². The number of furan rings is 1. The van der Waals surface area contributed by atoms with Crippen LogP contribution in [-0.2, 0) is 4.79 Å². The number of benzene rings is 3. The highest BCUT2D eigenvalue weighted by Gasteiger charge is 2.45. The fourth-order valence-corrected chi connectivity index (χ4v) is 4.59. The standard InChI is InChI=1S/C29H26N2O5/c1-17-7-5-9-21(15-17)31-25(18-11-13-20(14-12-18)30(2)3)24(27(33)29(31)34)26(32)23-16-19-8-6-10-22(35-4)28(19)36-23/h5-16,25,33H,1-4H3. The number of fused-ring (bicyclic) bond motifs is 1. The molecule has 7 heteroatoms. The first kappa shape index (κ1) is 23.2. The second-order valence-corrected chi connectivity index (χ2v) is 8.98. The van der Waals surface area contributed by atoms with Crippen LogP contribution in [0.15, 0.2) is 88.5 Å². The van der Waals surface area contributed by atoms with Crippen LogP contribution >= 0.6 is 0 Å². The molecule has 0 saturated carbocycles. The van der Waals surface area contributed by atoms with Gasteiger partial charge >= 0.3 is 0 Å². The lowest BCUT2D eigenvalue weighted by atomic mass is 9.94. The minimum Gasteiger partial charge on any atom is -0.503 e. The fraction of sp³-hybridized carbons (Fsp3) is 0.172. The molecule has 0 saturated heterocycles. The van der Waals surface area contributed by atoms with E-state index in [0.717, 1.165) is 11.3 Å². The molecule has 1 N–H and O–H groups in total. The summed E-state index contributed by atoms with van der Waals surface area (Å²) < 4.78 is 11.2. The van der Waals surface area contributed by atoms with Gasteiger partial charge in [-0.15, -0.1) is 0 Å². The minimum atomic E-state index is -0.835. The van der Waals surface area contributed by atoms with Crippen molar-refractivity contribution in [3.63, 3.8) is 0 Å². The Kier molecular flexibility index (Phi) is 5.76. The molecule has 0 spiro atoms.